The first-order valence-electron chi connectivity index (χ1n) is 5.23. The molecule has 0 aliphatic carbocycles. The van der Waals surface area contributed by atoms with E-state index in [1.165, 1.54) is 12.1 Å². The fourth-order valence-corrected chi connectivity index (χ4v) is 2.63. The summed E-state index contributed by atoms with van der Waals surface area (Å²) in [6.45, 7) is 0. The first-order chi connectivity index (χ1) is 9.11. The van der Waals surface area contributed by atoms with Gasteiger partial charge in [0.1, 0.15) is 10.9 Å². The van der Waals surface area contributed by atoms with Crippen molar-refractivity contribution < 1.29 is 9.66 Å². The monoisotopic (exact) mass is 296 g/mol. The molecule has 2 aromatic rings. The molecule has 0 bridgehead atoms. The average Bonchev–Trinajstić information content (AvgIpc) is 2.39. The van der Waals surface area contributed by atoms with Gasteiger partial charge in [-0.15, -0.1) is 0 Å². The van der Waals surface area contributed by atoms with Gasteiger partial charge in [0.2, 0.25) is 0 Å². The van der Waals surface area contributed by atoms with Crippen molar-refractivity contribution in [2.75, 3.05) is 7.11 Å². The van der Waals surface area contributed by atoms with E-state index >= 15 is 0 Å². The molecule has 0 saturated heterocycles. The van der Waals surface area contributed by atoms with Crippen molar-refractivity contribution in [3.8, 4) is 5.75 Å². The van der Waals surface area contributed by atoms with Gasteiger partial charge in [0.25, 0.3) is 0 Å². The average molecular weight is 297 g/mol. The molecule has 0 saturated carbocycles. The molecule has 0 spiro atoms. The second kappa shape index (κ2) is 5.90. The molecule has 7 heteroatoms. The minimum Gasteiger partial charge on any atom is -0.496 e. The predicted octanol–water partition coefficient (Wildman–Crippen LogP) is 3.80. The van der Waals surface area contributed by atoms with Crippen LogP contribution in [0.5, 0.6) is 5.75 Å². The zero-order valence-corrected chi connectivity index (χ0v) is 11.4. The summed E-state index contributed by atoms with van der Waals surface area (Å²) in [6.07, 6.45) is 0. The highest BCUT2D eigenvalue weighted by molar-refractivity contribution is 7.99. The smallest absolute Gasteiger partial charge is 0.301 e. The maximum Gasteiger partial charge on any atom is 0.301 e. The third-order valence-electron chi connectivity index (χ3n) is 2.28. The van der Waals surface area contributed by atoms with E-state index in [0.29, 0.717) is 5.75 Å². The highest BCUT2D eigenvalue weighted by atomic mass is 35.5. The van der Waals surface area contributed by atoms with Crippen molar-refractivity contribution in [1.29, 1.82) is 0 Å². The Morgan fingerprint density at radius 3 is 2.74 bits per heavy atom. The quantitative estimate of drug-likeness (QED) is 0.488. The number of ether oxygens (including phenoxy) is 1. The topological polar surface area (TPSA) is 65.3 Å². The van der Waals surface area contributed by atoms with Crippen LogP contribution in [0.2, 0.25) is 5.15 Å². The van der Waals surface area contributed by atoms with E-state index in [1.54, 1.807) is 19.2 Å². The van der Waals surface area contributed by atoms with Crippen LogP contribution in [0.15, 0.2) is 46.3 Å². The number of para-hydroxylation sites is 1. The van der Waals surface area contributed by atoms with Gasteiger partial charge in [0.05, 0.1) is 16.9 Å². The molecule has 1 heterocycles. The highest BCUT2D eigenvalue weighted by Gasteiger charge is 2.18. The summed E-state index contributed by atoms with van der Waals surface area (Å²) in [5, 5.41) is 11.4. The molecule has 0 fully saturated rings. The van der Waals surface area contributed by atoms with E-state index in [-0.39, 0.29) is 15.9 Å². The summed E-state index contributed by atoms with van der Waals surface area (Å²) < 4.78 is 5.20. The Bertz CT molecular complexity index is 622. The van der Waals surface area contributed by atoms with Crippen LogP contribution in [0, 0.1) is 10.1 Å². The van der Waals surface area contributed by atoms with Gasteiger partial charge >= 0.3 is 5.69 Å². The van der Waals surface area contributed by atoms with Crippen LogP contribution in [0.4, 0.5) is 5.69 Å². The van der Waals surface area contributed by atoms with Crippen LogP contribution in [0.3, 0.4) is 0 Å². The highest BCUT2D eigenvalue weighted by Crippen LogP contribution is 2.38. The number of aromatic nitrogens is 1. The van der Waals surface area contributed by atoms with Crippen LogP contribution in [-0.4, -0.2) is 17.0 Å². The van der Waals surface area contributed by atoms with Crippen molar-refractivity contribution in [2.24, 2.45) is 0 Å². The van der Waals surface area contributed by atoms with Crippen LogP contribution in [-0.2, 0) is 0 Å². The minimum atomic E-state index is -0.485. The van der Waals surface area contributed by atoms with E-state index < -0.39 is 4.92 Å². The van der Waals surface area contributed by atoms with Gasteiger partial charge in [-0.1, -0.05) is 35.5 Å². The van der Waals surface area contributed by atoms with Crippen LogP contribution in [0.1, 0.15) is 0 Å². The lowest BCUT2D eigenvalue weighted by Gasteiger charge is -2.07. The van der Waals surface area contributed by atoms with Gasteiger partial charge in [0.15, 0.2) is 5.03 Å². The van der Waals surface area contributed by atoms with Gasteiger partial charge < -0.3 is 4.74 Å². The zero-order valence-electron chi connectivity index (χ0n) is 9.87. The Morgan fingerprint density at radius 1 is 1.32 bits per heavy atom. The molecule has 0 aliphatic heterocycles. The van der Waals surface area contributed by atoms with Gasteiger partial charge in [-0.25, -0.2) is 4.98 Å². The molecule has 0 radical (unpaired) electrons. The first kappa shape index (κ1) is 13.6. The number of hydrogen-bond donors (Lipinski definition) is 0. The number of nitrogens with zero attached hydrogens (tertiary/aromatic N) is 2. The molecule has 0 unspecified atom stereocenters. The van der Waals surface area contributed by atoms with E-state index in [1.807, 2.05) is 12.1 Å². The van der Waals surface area contributed by atoms with Crippen molar-refractivity contribution in [2.45, 2.75) is 9.92 Å². The molecule has 0 amide bonds. The molecule has 0 aliphatic rings. The normalized spacial score (nSPS) is 10.2. The van der Waals surface area contributed by atoms with Gasteiger partial charge in [-0.05, 0) is 18.2 Å². The summed E-state index contributed by atoms with van der Waals surface area (Å²) >= 11 is 6.93. The largest absolute Gasteiger partial charge is 0.496 e. The number of halogens is 1. The van der Waals surface area contributed by atoms with E-state index in [4.69, 9.17) is 16.3 Å². The standard InChI is InChI=1S/C12H9ClN2O3S/c1-18-9-4-2-3-5-10(9)19-12-8(15(16)17)6-7-11(13)14-12/h2-7H,1H3. The Hall–Kier alpha value is -1.79. The Kier molecular flexibility index (Phi) is 4.24. The number of nitro groups is 1. The summed E-state index contributed by atoms with van der Waals surface area (Å²) in [4.78, 5) is 15.2. The van der Waals surface area contributed by atoms with Gasteiger partial charge in [0, 0.05) is 6.07 Å². The minimum absolute atomic E-state index is 0.0830. The molecule has 0 N–H and O–H groups in total. The zero-order chi connectivity index (χ0) is 13.8. The second-order valence-electron chi connectivity index (χ2n) is 3.47. The number of benzene rings is 1. The van der Waals surface area contributed by atoms with Crippen LogP contribution >= 0.6 is 23.4 Å². The predicted molar refractivity (Wildman–Crippen MR) is 73.0 cm³/mol. The molecule has 0 atom stereocenters. The third-order valence-corrected chi connectivity index (χ3v) is 3.54. The fourth-order valence-electron chi connectivity index (χ4n) is 1.43. The van der Waals surface area contributed by atoms with Crippen LogP contribution in [0.25, 0.3) is 0 Å². The first-order valence-corrected chi connectivity index (χ1v) is 6.43. The number of methoxy groups -OCH3 is 1. The second-order valence-corrected chi connectivity index (χ2v) is 4.89. The Balaban J connectivity index is 2.42. The summed E-state index contributed by atoms with van der Waals surface area (Å²) in [5.74, 6) is 0.628. The van der Waals surface area contributed by atoms with Gasteiger partial charge in [-0.2, -0.15) is 0 Å². The molecule has 5 nitrogen and oxygen atoms in total. The van der Waals surface area contributed by atoms with Gasteiger partial charge in [-0.3, -0.25) is 10.1 Å². The molecule has 2 rings (SSSR count). The lowest BCUT2D eigenvalue weighted by molar-refractivity contribution is -0.388. The van der Waals surface area contributed by atoms with Crippen molar-refractivity contribution in [1.82, 2.24) is 4.98 Å². The SMILES string of the molecule is COc1ccccc1Sc1nc(Cl)ccc1[N+](=O)[O-]. The molecule has 1 aromatic heterocycles. The fraction of sp³-hybridized carbons (Fsp3) is 0.0833. The van der Waals surface area contributed by atoms with Crippen molar-refractivity contribution >= 4 is 29.1 Å². The summed E-state index contributed by atoms with van der Waals surface area (Å²) in [5.41, 5.74) is -0.0830. The van der Waals surface area contributed by atoms with Crippen molar-refractivity contribution in [3.05, 3.63) is 51.7 Å². The summed E-state index contributed by atoms with van der Waals surface area (Å²) in [7, 11) is 1.54. The molecule has 1 aromatic carbocycles. The maximum absolute atomic E-state index is 11.0. The number of rotatable bonds is 4. The third kappa shape index (κ3) is 3.15. The summed E-state index contributed by atoms with van der Waals surface area (Å²) in [6, 6.07) is 9.96. The molecular formula is C12H9ClN2O3S. The Morgan fingerprint density at radius 2 is 2.05 bits per heavy atom. The molecular weight excluding hydrogens is 288 g/mol. The Labute approximate surface area is 118 Å². The lowest BCUT2D eigenvalue weighted by atomic mass is 10.3. The van der Waals surface area contributed by atoms with E-state index in [0.717, 1.165) is 16.7 Å². The van der Waals surface area contributed by atoms with Crippen molar-refractivity contribution in [3.63, 3.8) is 0 Å². The lowest BCUT2D eigenvalue weighted by Crippen LogP contribution is -1.94. The number of pyridine rings is 1. The molecule has 19 heavy (non-hydrogen) atoms. The van der Waals surface area contributed by atoms with E-state index in [9.17, 15) is 10.1 Å². The van der Waals surface area contributed by atoms with Crippen LogP contribution < -0.4 is 4.74 Å². The maximum atomic E-state index is 11.0. The number of hydrogen-bond acceptors (Lipinski definition) is 5. The van der Waals surface area contributed by atoms with E-state index in [2.05, 4.69) is 4.98 Å². The molecule has 98 valence electrons.